The Kier molecular flexibility index (Phi) is 2.10. The summed E-state index contributed by atoms with van der Waals surface area (Å²) in [4.78, 5) is 1.38. The molecule has 0 bridgehead atoms. The first-order valence-electron chi connectivity index (χ1n) is 2.66. The van der Waals surface area contributed by atoms with Crippen LogP contribution in [0.4, 0.5) is 0 Å². The first kappa shape index (κ1) is 5.83. The average molecular weight is 124 g/mol. The van der Waals surface area contributed by atoms with E-state index in [0.29, 0.717) is 0 Å². The minimum atomic E-state index is 0.764. The normalized spacial score (nSPS) is 9.62. The van der Waals surface area contributed by atoms with Gasteiger partial charge in [0.1, 0.15) is 0 Å². The smallest absolute Gasteiger partial charge is 0.00453 e. The van der Waals surface area contributed by atoms with Gasteiger partial charge < -0.3 is 0 Å². The van der Waals surface area contributed by atoms with Gasteiger partial charge in [-0.25, -0.2) is 0 Å². The molecule has 0 fully saturated rings. The Hall–Kier alpha value is -0.300. The van der Waals surface area contributed by atoms with E-state index < -0.39 is 0 Å². The minimum absolute atomic E-state index is 0.764. The molecule has 8 heavy (non-hydrogen) atoms. The van der Waals surface area contributed by atoms with Crippen LogP contribution in [0.15, 0.2) is 17.5 Å². The average Bonchev–Trinajstić information content (AvgIpc) is 2.19. The van der Waals surface area contributed by atoms with E-state index in [1.165, 1.54) is 4.88 Å². The number of aryl methyl sites for hydroxylation is 1. The summed E-state index contributed by atoms with van der Waals surface area (Å²) in [5.41, 5.74) is 0. The lowest BCUT2D eigenvalue weighted by Gasteiger charge is -1.85. The van der Waals surface area contributed by atoms with E-state index >= 15 is 0 Å². The Morgan fingerprint density at radius 3 is 3.00 bits per heavy atom. The Labute approximate surface area is 54.2 Å². The van der Waals surface area contributed by atoms with Gasteiger partial charge in [0.25, 0.3) is 0 Å². The molecule has 42 valence electrons. The van der Waals surface area contributed by atoms with E-state index in [1.54, 1.807) is 11.3 Å². The van der Waals surface area contributed by atoms with Crippen LogP contribution < -0.4 is 0 Å². The van der Waals surface area contributed by atoms with Crippen LogP contribution in [0.2, 0.25) is 0 Å². The highest BCUT2D eigenvalue weighted by Gasteiger charge is 1.87. The molecule has 1 aromatic heterocycles. The molecule has 1 heteroatoms. The van der Waals surface area contributed by atoms with Gasteiger partial charge in [-0.15, -0.1) is 11.3 Å². The molecule has 0 atom stereocenters. The number of hydrogen-bond donors (Lipinski definition) is 0. The van der Waals surface area contributed by atoms with Crippen LogP contribution in [-0.4, -0.2) is 0 Å². The van der Waals surface area contributed by atoms with Crippen LogP contribution in [0.1, 0.15) is 11.3 Å². The maximum atomic E-state index is 5.33. The highest BCUT2D eigenvalue weighted by Crippen LogP contribution is 2.09. The molecule has 0 N–H and O–H groups in total. The molecule has 0 spiro atoms. The van der Waals surface area contributed by atoms with E-state index in [0.717, 1.165) is 12.8 Å². The van der Waals surface area contributed by atoms with Gasteiger partial charge in [0, 0.05) is 4.88 Å². The van der Waals surface area contributed by atoms with Crippen molar-refractivity contribution < 1.29 is 0 Å². The Morgan fingerprint density at radius 1 is 1.62 bits per heavy atom. The zero-order chi connectivity index (χ0) is 5.82. The monoisotopic (exact) mass is 124 g/mol. The zero-order valence-corrected chi connectivity index (χ0v) is 5.45. The summed E-state index contributed by atoms with van der Waals surface area (Å²) in [6, 6.07) is 4.16. The van der Waals surface area contributed by atoms with Crippen molar-refractivity contribution in [3.05, 3.63) is 29.3 Å². The lowest BCUT2D eigenvalue weighted by atomic mass is 10.3. The third kappa shape index (κ3) is 1.34. The van der Waals surface area contributed by atoms with Crippen LogP contribution >= 0.6 is 11.3 Å². The highest BCUT2D eigenvalue weighted by atomic mass is 32.1. The quantitative estimate of drug-likeness (QED) is 0.568. The van der Waals surface area contributed by atoms with Crippen LogP contribution in [0, 0.1) is 6.92 Å². The fourth-order valence-electron chi connectivity index (χ4n) is 0.597. The largest absolute Gasteiger partial charge is 0.149 e. The molecule has 1 rings (SSSR count). The lowest BCUT2D eigenvalue weighted by molar-refractivity contribution is 1.03. The van der Waals surface area contributed by atoms with Crippen LogP contribution in [0.25, 0.3) is 0 Å². The first-order valence-corrected chi connectivity index (χ1v) is 3.54. The number of rotatable bonds is 2. The predicted molar refractivity (Wildman–Crippen MR) is 36.9 cm³/mol. The molecule has 0 unspecified atom stereocenters. The summed E-state index contributed by atoms with van der Waals surface area (Å²) >= 11 is 1.77. The second-order valence-electron chi connectivity index (χ2n) is 1.62. The topological polar surface area (TPSA) is 0 Å². The molecule has 2 radical (unpaired) electrons. The second-order valence-corrected chi connectivity index (χ2v) is 2.65. The van der Waals surface area contributed by atoms with Gasteiger partial charge in [-0.3, -0.25) is 0 Å². The van der Waals surface area contributed by atoms with Gasteiger partial charge in [-0.05, 0) is 31.2 Å². The lowest BCUT2D eigenvalue weighted by Crippen LogP contribution is -1.71. The van der Waals surface area contributed by atoms with Gasteiger partial charge in [0.15, 0.2) is 0 Å². The predicted octanol–water partition coefficient (Wildman–Crippen LogP) is 2.39. The zero-order valence-electron chi connectivity index (χ0n) is 4.63. The Bertz CT molecular complexity index is 130. The molecule has 0 aliphatic carbocycles. The van der Waals surface area contributed by atoms with E-state index in [1.807, 2.05) is 0 Å². The second kappa shape index (κ2) is 2.88. The highest BCUT2D eigenvalue weighted by molar-refractivity contribution is 7.09. The van der Waals surface area contributed by atoms with Crippen molar-refractivity contribution in [2.24, 2.45) is 0 Å². The van der Waals surface area contributed by atoms with Crippen LogP contribution in [0.5, 0.6) is 0 Å². The van der Waals surface area contributed by atoms with Gasteiger partial charge in [0.05, 0.1) is 0 Å². The summed E-state index contributed by atoms with van der Waals surface area (Å²) in [5.74, 6) is 0. The van der Waals surface area contributed by atoms with Gasteiger partial charge in [-0.1, -0.05) is 6.07 Å². The van der Waals surface area contributed by atoms with Crippen molar-refractivity contribution >= 4 is 11.3 Å². The van der Waals surface area contributed by atoms with Gasteiger partial charge in [-0.2, -0.15) is 0 Å². The van der Waals surface area contributed by atoms with Crippen LogP contribution in [-0.2, 0) is 6.42 Å². The molecule has 0 nitrogen and oxygen atoms in total. The molecule has 0 saturated heterocycles. The molecule has 1 heterocycles. The maximum absolute atomic E-state index is 5.33. The molecular formula is C7H8S. The molecule has 0 amide bonds. The summed E-state index contributed by atoms with van der Waals surface area (Å²) in [7, 11) is 0. The van der Waals surface area contributed by atoms with Gasteiger partial charge in [0.2, 0.25) is 0 Å². The molecule has 0 aliphatic rings. The van der Waals surface area contributed by atoms with E-state index in [2.05, 4.69) is 17.5 Å². The van der Waals surface area contributed by atoms with Crippen LogP contribution in [0.3, 0.4) is 0 Å². The summed E-state index contributed by atoms with van der Waals surface area (Å²) in [5, 5.41) is 2.07. The van der Waals surface area contributed by atoms with Crippen molar-refractivity contribution in [3.63, 3.8) is 0 Å². The fourth-order valence-corrected chi connectivity index (χ4v) is 1.32. The summed E-state index contributed by atoms with van der Waals surface area (Å²) in [6.07, 6.45) is 1.79. The Balaban J connectivity index is 2.50. The van der Waals surface area contributed by atoms with Crippen molar-refractivity contribution in [3.8, 4) is 0 Å². The fraction of sp³-hybridized carbons (Fsp3) is 0.286. The summed E-state index contributed by atoms with van der Waals surface area (Å²) < 4.78 is 0. The molecule has 0 saturated carbocycles. The van der Waals surface area contributed by atoms with Crippen molar-refractivity contribution in [1.82, 2.24) is 0 Å². The molecule has 0 aromatic carbocycles. The third-order valence-corrected chi connectivity index (χ3v) is 1.91. The molecule has 1 aromatic rings. The van der Waals surface area contributed by atoms with Crippen molar-refractivity contribution in [1.29, 1.82) is 0 Å². The maximum Gasteiger partial charge on any atom is 0.00453 e. The number of thiophene rings is 1. The van der Waals surface area contributed by atoms with E-state index in [9.17, 15) is 0 Å². The van der Waals surface area contributed by atoms with Gasteiger partial charge >= 0.3 is 0 Å². The van der Waals surface area contributed by atoms with Crippen molar-refractivity contribution in [2.45, 2.75) is 12.8 Å². The molecule has 0 aliphatic heterocycles. The SMILES string of the molecule is [CH]CCc1cccs1. The third-order valence-electron chi connectivity index (χ3n) is 0.971. The standard InChI is InChI=1S/C7H8S/c1-2-4-7-5-3-6-8-7/h1,3,5-6H,2,4H2. The van der Waals surface area contributed by atoms with E-state index in [-0.39, 0.29) is 0 Å². The molecular weight excluding hydrogens is 116 g/mol. The van der Waals surface area contributed by atoms with Crippen molar-refractivity contribution in [2.75, 3.05) is 0 Å². The Morgan fingerprint density at radius 2 is 2.50 bits per heavy atom. The first-order chi connectivity index (χ1) is 3.93. The minimum Gasteiger partial charge on any atom is -0.149 e. The summed E-state index contributed by atoms with van der Waals surface area (Å²) in [6.45, 7) is 5.33. The van der Waals surface area contributed by atoms with E-state index in [4.69, 9.17) is 6.92 Å². The number of hydrogen-bond acceptors (Lipinski definition) is 1.